The number of hydrogen-bond donors (Lipinski definition) is 0. The molecule has 10 rings (SSSR count). The molecule has 1 amide bonds. The number of aromatic nitrogens is 2. The average molecular weight is 544 g/mol. The zero-order chi connectivity index (χ0) is 27.2. The van der Waals surface area contributed by atoms with Gasteiger partial charge in [-0.15, -0.1) is 0 Å². The number of amides is 1. The fraction of sp³-hybridized carbons (Fsp3) is 0.531. The minimum Gasteiger partial charge on any atom is -0.497 e. The molecular weight excluding hydrogens is 509 g/mol. The number of ether oxygens (including phenoxy) is 2. The summed E-state index contributed by atoms with van der Waals surface area (Å²) in [5.74, 6) is 2.52. The van der Waals surface area contributed by atoms with Gasteiger partial charge in [0.05, 0.1) is 24.7 Å². The summed E-state index contributed by atoms with van der Waals surface area (Å²) in [6, 6.07) is 16.0. The summed E-state index contributed by atoms with van der Waals surface area (Å²) < 4.78 is 32.1. The second-order valence-electron chi connectivity index (χ2n) is 13.1. The van der Waals surface area contributed by atoms with Gasteiger partial charge in [-0.2, -0.15) is 4.98 Å². The molecule has 1 aromatic heterocycles. The first kappa shape index (κ1) is 24.5. The van der Waals surface area contributed by atoms with E-state index in [-0.39, 0.29) is 16.9 Å². The van der Waals surface area contributed by atoms with Crippen LogP contribution in [-0.4, -0.2) is 42.0 Å². The van der Waals surface area contributed by atoms with Gasteiger partial charge in [0.15, 0.2) is 5.82 Å². The van der Waals surface area contributed by atoms with E-state index in [2.05, 4.69) is 22.3 Å². The van der Waals surface area contributed by atoms with Crippen molar-refractivity contribution in [2.24, 2.45) is 10.8 Å². The number of fused-ring (bicyclic) bond motifs is 3. The third-order valence-corrected chi connectivity index (χ3v) is 10.3. The SMILES string of the molecule is COc1ccc(C23CCC(CN(C(=O)C45CC(F)(C4)C5)c4cccc(-c5nc(C6CC6)no5)c4)(CC2)CO3)cc1. The van der Waals surface area contributed by atoms with Crippen molar-refractivity contribution in [2.75, 3.05) is 25.2 Å². The highest BCUT2D eigenvalue weighted by atomic mass is 19.1. The van der Waals surface area contributed by atoms with Crippen molar-refractivity contribution in [1.29, 1.82) is 0 Å². The van der Waals surface area contributed by atoms with E-state index in [1.165, 1.54) is 5.56 Å². The molecule has 0 unspecified atom stereocenters. The second-order valence-corrected chi connectivity index (χ2v) is 13.1. The fourth-order valence-electron chi connectivity index (χ4n) is 7.69. The molecule has 40 heavy (non-hydrogen) atoms. The van der Waals surface area contributed by atoms with E-state index in [1.807, 2.05) is 41.3 Å². The molecule has 5 saturated carbocycles. The van der Waals surface area contributed by atoms with Gasteiger partial charge in [-0.05, 0) is 93.7 Å². The van der Waals surface area contributed by atoms with Gasteiger partial charge in [-0.25, -0.2) is 4.39 Å². The number of carbonyl (C=O) groups excluding carboxylic acids is 1. The van der Waals surface area contributed by atoms with Crippen molar-refractivity contribution in [3.63, 3.8) is 0 Å². The van der Waals surface area contributed by atoms with Crippen LogP contribution in [-0.2, 0) is 15.1 Å². The Hall–Kier alpha value is -3.26. The number of benzene rings is 2. The number of halogens is 1. The van der Waals surface area contributed by atoms with E-state index < -0.39 is 11.1 Å². The van der Waals surface area contributed by atoms with Crippen LogP contribution in [0.15, 0.2) is 53.1 Å². The van der Waals surface area contributed by atoms with Crippen molar-refractivity contribution in [3.8, 4) is 17.2 Å². The molecule has 0 atom stereocenters. The quantitative estimate of drug-likeness (QED) is 0.330. The van der Waals surface area contributed by atoms with Gasteiger partial charge in [0.2, 0.25) is 5.91 Å². The van der Waals surface area contributed by atoms with Crippen LogP contribution in [0.3, 0.4) is 0 Å². The number of anilines is 1. The Morgan fingerprint density at radius 1 is 1.07 bits per heavy atom. The molecule has 2 aliphatic heterocycles. The summed E-state index contributed by atoms with van der Waals surface area (Å²) in [5, 5.41) is 4.17. The largest absolute Gasteiger partial charge is 0.497 e. The molecule has 0 spiro atoms. The van der Waals surface area contributed by atoms with E-state index >= 15 is 0 Å². The third-order valence-electron chi connectivity index (χ3n) is 10.3. The number of alkyl halides is 1. The summed E-state index contributed by atoms with van der Waals surface area (Å²) >= 11 is 0. The molecule has 3 heterocycles. The molecule has 2 aromatic carbocycles. The highest BCUT2D eigenvalue weighted by Crippen LogP contribution is 2.70. The molecule has 7 nitrogen and oxygen atoms in total. The minimum absolute atomic E-state index is 0.0420. The van der Waals surface area contributed by atoms with E-state index in [0.717, 1.165) is 61.3 Å². The summed E-state index contributed by atoms with van der Waals surface area (Å²) in [6.07, 6.45) is 6.98. The molecule has 3 aromatic rings. The number of rotatable bonds is 8. The van der Waals surface area contributed by atoms with Gasteiger partial charge in [0.25, 0.3) is 5.89 Å². The predicted molar refractivity (Wildman–Crippen MR) is 146 cm³/mol. The summed E-state index contributed by atoms with van der Waals surface area (Å²) in [4.78, 5) is 20.7. The molecular formula is C32H34FN3O4. The lowest BCUT2D eigenvalue weighted by Gasteiger charge is -2.65. The van der Waals surface area contributed by atoms with Crippen LogP contribution in [0.4, 0.5) is 10.1 Å². The highest BCUT2D eigenvalue weighted by Gasteiger charge is 2.73. The zero-order valence-electron chi connectivity index (χ0n) is 22.8. The predicted octanol–water partition coefficient (Wildman–Crippen LogP) is 6.33. The van der Waals surface area contributed by atoms with Gasteiger partial charge >= 0.3 is 0 Å². The topological polar surface area (TPSA) is 77.7 Å². The monoisotopic (exact) mass is 543 g/mol. The lowest BCUT2D eigenvalue weighted by atomic mass is 9.41. The van der Waals surface area contributed by atoms with Crippen molar-refractivity contribution < 1.29 is 23.2 Å². The molecule has 8 heteroatoms. The average Bonchev–Trinajstić information content (AvgIpc) is 3.70. The molecule has 208 valence electrons. The minimum atomic E-state index is -1.14. The summed E-state index contributed by atoms with van der Waals surface area (Å²) in [5.41, 5.74) is 0.666. The first-order valence-corrected chi connectivity index (χ1v) is 14.6. The maximum Gasteiger partial charge on any atom is 0.258 e. The maximum absolute atomic E-state index is 14.5. The number of hydrogen-bond acceptors (Lipinski definition) is 6. The molecule has 7 fully saturated rings. The van der Waals surface area contributed by atoms with Crippen LogP contribution < -0.4 is 9.64 Å². The maximum atomic E-state index is 14.5. The Balaban J connectivity index is 1.07. The Morgan fingerprint density at radius 3 is 2.45 bits per heavy atom. The lowest BCUT2D eigenvalue weighted by molar-refractivity contribution is -0.213. The molecule has 4 bridgehead atoms. The number of methoxy groups -OCH3 is 1. The highest BCUT2D eigenvalue weighted by molar-refractivity contribution is 6.00. The molecule has 7 aliphatic rings. The Bertz CT molecular complexity index is 1430. The van der Waals surface area contributed by atoms with E-state index in [9.17, 15) is 9.18 Å². The van der Waals surface area contributed by atoms with E-state index in [0.29, 0.717) is 44.2 Å². The van der Waals surface area contributed by atoms with Gasteiger partial charge in [0.1, 0.15) is 11.4 Å². The van der Waals surface area contributed by atoms with Gasteiger partial charge < -0.3 is 18.9 Å². The summed E-state index contributed by atoms with van der Waals surface area (Å²) in [6.45, 7) is 1.16. The summed E-state index contributed by atoms with van der Waals surface area (Å²) in [7, 11) is 1.68. The van der Waals surface area contributed by atoms with Gasteiger partial charge in [0, 0.05) is 29.1 Å². The normalized spacial score (nSPS) is 33.6. The smallest absolute Gasteiger partial charge is 0.258 e. The molecule has 0 radical (unpaired) electrons. The fourth-order valence-corrected chi connectivity index (χ4v) is 7.69. The van der Waals surface area contributed by atoms with Crippen LogP contribution in [0.5, 0.6) is 5.75 Å². The number of carbonyl (C=O) groups is 1. The Kier molecular flexibility index (Phi) is 5.14. The zero-order valence-corrected chi connectivity index (χ0v) is 22.8. The van der Waals surface area contributed by atoms with Crippen LogP contribution in [0.1, 0.15) is 75.1 Å². The van der Waals surface area contributed by atoms with Crippen molar-refractivity contribution >= 4 is 11.6 Å². The van der Waals surface area contributed by atoms with Crippen LogP contribution >= 0.6 is 0 Å². The van der Waals surface area contributed by atoms with E-state index in [4.69, 9.17) is 14.0 Å². The lowest BCUT2D eigenvalue weighted by Crippen LogP contribution is -2.71. The van der Waals surface area contributed by atoms with Gasteiger partial charge in [-0.1, -0.05) is 23.4 Å². The Labute approximate surface area is 233 Å². The molecule has 5 aliphatic carbocycles. The van der Waals surface area contributed by atoms with Crippen LogP contribution in [0.25, 0.3) is 11.5 Å². The van der Waals surface area contributed by atoms with E-state index in [1.54, 1.807) is 7.11 Å². The van der Waals surface area contributed by atoms with Crippen LogP contribution in [0, 0.1) is 10.8 Å². The second kappa shape index (κ2) is 8.38. The van der Waals surface area contributed by atoms with Crippen molar-refractivity contribution in [1.82, 2.24) is 10.1 Å². The Morgan fingerprint density at radius 2 is 1.82 bits per heavy atom. The third kappa shape index (κ3) is 3.75. The van der Waals surface area contributed by atoms with Crippen LogP contribution in [0.2, 0.25) is 0 Å². The van der Waals surface area contributed by atoms with Crippen molar-refractivity contribution in [2.45, 2.75) is 75.0 Å². The first-order valence-electron chi connectivity index (χ1n) is 14.6. The molecule has 0 N–H and O–H groups in total. The van der Waals surface area contributed by atoms with Gasteiger partial charge in [-0.3, -0.25) is 4.79 Å². The first-order chi connectivity index (χ1) is 19.3. The molecule has 2 saturated heterocycles. The standard InChI is InChI=1S/C32H34FN3O4/c1-38-25-9-7-23(8-10-25)32-13-11-29(12-14-32,20-39-32)19-36(28(37)30-16-31(33,17-30)18-30)24-4-2-3-22(15-24)27-34-26(35-40-27)21-5-6-21/h2-4,7-10,15,21H,5-6,11-14,16-20H2,1H3. The van der Waals surface area contributed by atoms with Crippen molar-refractivity contribution in [3.05, 3.63) is 59.9 Å². The number of nitrogens with zero attached hydrogens (tertiary/aromatic N) is 3.